The lowest BCUT2D eigenvalue weighted by atomic mass is 9.99. The molecule has 1 aliphatic rings. The van der Waals surface area contributed by atoms with E-state index in [9.17, 15) is 22.4 Å². The molecule has 2 aromatic rings. The van der Waals surface area contributed by atoms with E-state index in [1.54, 1.807) is 12.1 Å². The van der Waals surface area contributed by atoms with Crippen molar-refractivity contribution in [3.8, 4) is 0 Å². The van der Waals surface area contributed by atoms with Crippen molar-refractivity contribution < 1.29 is 27.1 Å². The van der Waals surface area contributed by atoms with Crippen LogP contribution in [0.25, 0.3) is 0 Å². The first-order chi connectivity index (χ1) is 13.3. The minimum Gasteiger partial charge on any atom is -0.376 e. The molecule has 8 heteroatoms. The van der Waals surface area contributed by atoms with Gasteiger partial charge in [-0.3, -0.25) is 0 Å². The van der Waals surface area contributed by atoms with Crippen molar-refractivity contribution in [1.29, 1.82) is 0 Å². The third-order valence-electron chi connectivity index (χ3n) is 4.59. The predicted octanol–water partition coefficient (Wildman–Crippen LogP) is 4.56. The Bertz CT molecular complexity index is 785. The number of hydrogen-bond acceptors (Lipinski definition) is 2. The number of carbonyl (C=O) groups excluding carboxylic acids is 1. The molecule has 2 amide bonds. The number of amides is 2. The molecule has 3 rings (SSSR count). The Labute approximate surface area is 159 Å². The molecular weight excluding hydrogens is 376 g/mol. The molecule has 2 N–H and O–H groups in total. The Balaban J connectivity index is 1.61. The Kier molecular flexibility index (Phi) is 6.18. The first-order valence-corrected chi connectivity index (χ1v) is 8.90. The molecule has 28 heavy (non-hydrogen) atoms. The number of benzene rings is 2. The summed E-state index contributed by atoms with van der Waals surface area (Å²) in [4.78, 5) is 12.3. The van der Waals surface area contributed by atoms with Gasteiger partial charge in [-0.1, -0.05) is 24.3 Å². The maximum Gasteiger partial charge on any atom is 0.416 e. The number of halogens is 4. The smallest absolute Gasteiger partial charge is 0.376 e. The number of nitrogens with one attached hydrogen (secondary N) is 2. The summed E-state index contributed by atoms with van der Waals surface area (Å²) < 4.78 is 56.7. The molecule has 0 saturated carbocycles. The number of alkyl halides is 3. The van der Waals surface area contributed by atoms with Crippen LogP contribution in [-0.2, 0) is 17.5 Å². The van der Waals surface area contributed by atoms with Gasteiger partial charge >= 0.3 is 12.2 Å². The molecule has 2 unspecified atom stereocenters. The molecule has 0 spiro atoms. The van der Waals surface area contributed by atoms with Crippen molar-refractivity contribution in [3.63, 3.8) is 0 Å². The molecule has 1 heterocycles. The van der Waals surface area contributed by atoms with E-state index < -0.39 is 23.8 Å². The lowest BCUT2D eigenvalue weighted by Gasteiger charge is -2.25. The molecule has 1 fully saturated rings. The molecule has 2 atom stereocenters. The highest BCUT2D eigenvalue weighted by molar-refractivity contribution is 5.74. The fourth-order valence-corrected chi connectivity index (χ4v) is 3.11. The lowest BCUT2D eigenvalue weighted by molar-refractivity contribution is -0.137. The molecule has 2 aromatic carbocycles. The second kappa shape index (κ2) is 8.60. The van der Waals surface area contributed by atoms with Crippen LogP contribution >= 0.6 is 0 Å². The molecule has 0 bridgehead atoms. The van der Waals surface area contributed by atoms with Crippen LogP contribution < -0.4 is 10.6 Å². The molecule has 0 radical (unpaired) electrons. The number of hydrogen-bond donors (Lipinski definition) is 2. The van der Waals surface area contributed by atoms with Gasteiger partial charge < -0.3 is 15.4 Å². The standard InChI is InChI=1S/C20H20F4N2O2/c21-16-9-5-14(6-10-16)18(17-2-1-11-28-17)26-19(27)25-12-13-3-7-15(8-4-13)20(22,23)24/h3-10,17-18H,1-2,11-12H2,(H2,25,26,27). The normalized spacial score (nSPS) is 17.9. The Morgan fingerprint density at radius 2 is 1.79 bits per heavy atom. The van der Waals surface area contributed by atoms with Crippen molar-refractivity contribution in [1.82, 2.24) is 10.6 Å². The van der Waals surface area contributed by atoms with Crippen LogP contribution in [0, 0.1) is 5.82 Å². The number of ether oxygens (including phenoxy) is 1. The highest BCUT2D eigenvalue weighted by atomic mass is 19.4. The van der Waals surface area contributed by atoms with Gasteiger partial charge in [0.25, 0.3) is 0 Å². The van der Waals surface area contributed by atoms with Crippen LogP contribution in [0.1, 0.15) is 35.6 Å². The zero-order chi connectivity index (χ0) is 20.1. The summed E-state index contributed by atoms with van der Waals surface area (Å²) in [5, 5.41) is 5.45. The van der Waals surface area contributed by atoms with Gasteiger partial charge in [-0.2, -0.15) is 13.2 Å². The molecule has 4 nitrogen and oxygen atoms in total. The predicted molar refractivity (Wildman–Crippen MR) is 94.9 cm³/mol. The van der Waals surface area contributed by atoms with Gasteiger partial charge in [0.2, 0.25) is 0 Å². The summed E-state index contributed by atoms with van der Waals surface area (Å²) in [6, 6.07) is 9.49. The van der Waals surface area contributed by atoms with Gasteiger partial charge in [0.05, 0.1) is 17.7 Å². The highest BCUT2D eigenvalue weighted by Gasteiger charge is 2.30. The van der Waals surface area contributed by atoms with E-state index in [2.05, 4.69) is 10.6 Å². The van der Waals surface area contributed by atoms with Crippen molar-refractivity contribution in [2.45, 2.75) is 37.7 Å². The molecule has 150 valence electrons. The van der Waals surface area contributed by atoms with Gasteiger partial charge in [-0.15, -0.1) is 0 Å². The average molecular weight is 396 g/mol. The van der Waals surface area contributed by atoms with Crippen LogP contribution in [0.4, 0.5) is 22.4 Å². The van der Waals surface area contributed by atoms with Crippen LogP contribution in [-0.4, -0.2) is 18.7 Å². The van der Waals surface area contributed by atoms with Crippen molar-refractivity contribution in [3.05, 3.63) is 71.0 Å². The number of carbonyl (C=O) groups is 1. The van der Waals surface area contributed by atoms with Gasteiger partial charge in [0, 0.05) is 13.2 Å². The van der Waals surface area contributed by atoms with Crippen LogP contribution in [0.3, 0.4) is 0 Å². The summed E-state index contributed by atoms with van der Waals surface area (Å²) in [5.74, 6) is -0.374. The third-order valence-corrected chi connectivity index (χ3v) is 4.59. The molecular formula is C20H20F4N2O2. The summed E-state index contributed by atoms with van der Waals surface area (Å²) in [7, 11) is 0. The van der Waals surface area contributed by atoms with Crippen molar-refractivity contribution in [2.75, 3.05) is 6.61 Å². The minimum atomic E-state index is -4.40. The van der Waals surface area contributed by atoms with E-state index in [1.807, 2.05) is 0 Å². The van der Waals surface area contributed by atoms with E-state index in [4.69, 9.17) is 4.74 Å². The van der Waals surface area contributed by atoms with E-state index in [-0.39, 0.29) is 18.5 Å². The quantitative estimate of drug-likeness (QED) is 0.728. The maximum absolute atomic E-state index is 13.2. The summed E-state index contributed by atoms with van der Waals surface area (Å²) in [6.45, 7) is 0.669. The van der Waals surface area contributed by atoms with Gasteiger partial charge in [0.15, 0.2) is 0 Å². The van der Waals surface area contributed by atoms with Gasteiger partial charge in [-0.05, 0) is 48.2 Å². The fourth-order valence-electron chi connectivity index (χ4n) is 3.11. The zero-order valence-electron chi connectivity index (χ0n) is 14.9. The Morgan fingerprint density at radius 3 is 2.36 bits per heavy atom. The molecule has 1 saturated heterocycles. The van der Waals surface area contributed by atoms with E-state index in [1.165, 1.54) is 24.3 Å². The zero-order valence-corrected chi connectivity index (χ0v) is 14.9. The molecule has 0 aliphatic carbocycles. The van der Waals surface area contributed by atoms with E-state index >= 15 is 0 Å². The Hall–Kier alpha value is -2.61. The van der Waals surface area contributed by atoms with E-state index in [0.717, 1.165) is 30.5 Å². The molecule has 1 aliphatic heterocycles. The van der Waals surface area contributed by atoms with Crippen LogP contribution in [0.15, 0.2) is 48.5 Å². The van der Waals surface area contributed by atoms with Crippen molar-refractivity contribution in [2.24, 2.45) is 0 Å². The van der Waals surface area contributed by atoms with Crippen molar-refractivity contribution >= 4 is 6.03 Å². The molecule has 0 aromatic heterocycles. The lowest BCUT2D eigenvalue weighted by Crippen LogP contribution is -2.42. The second-order valence-electron chi connectivity index (χ2n) is 6.60. The maximum atomic E-state index is 13.2. The highest BCUT2D eigenvalue weighted by Crippen LogP contribution is 2.29. The monoisotopic (exact) mass is 396 g/mol. The largest absolute Gasteiger partial charge is 0.416 e. The minimum absolute atomic E-state index is 0.0750. The van der Waals surface area contributed by atoms with Gasteiger partial charge in [0.1, 0.15) is 5.82 Å². The van der Waals surface area contributed by atoms with Crippen LogP contribution in [0.2, 0.25) is 0 Å². The topological polar surface area (TPSA) is 50.4 Å². The van der Waals surface area contributed by atoms with Gasteiger partial charge in [-0.25, -0.2) is 9.18 Å². The SMILES string of the molecule is O=C(NCc1ccc(C(F)(F)F)cc1)NC(c1ccc(F)cc1)C1CCCO1. The Morgan fingerprint density at radius 1 is 1.11 bits per heavy atom. The summed E-state index contributed by atoms with van der Waals surface area (Å²) in [6.07, 6.45) is -2.98. The first kappa shape index (κ1) is 20.1. The average Bonchev–Trinajstić information content (AvgIpc) is 3.19. The first-order valence-electron chi connectivity index (χ1n) is 8.90. The number of rotatable bonds is 5. The summed E-state index contributed by atoms with van der Waals surface area (Å²) >= 11 is 0. The fraction of sp³-hybridized carbons (Fsp3) is 0.350. The number of urea groups is 1. The second-order valence-corrected chi connectivity index (χ2v) is 6.60. The van der Waals surface area contributed by atoms with E-state index in [0.29, 0.717) is 12.2 Å². The van der Waals surface area contributed by atoms with Crippen LogP contribution in [0.5, 0.6) is 0 Å². The summed E-state index contributed by atoms with van der Waals surface area (Å²) in [5.41, 5.74) is 0.520. The third kappa shape index (κ3) is 5.22.